The lowest BCUT2D eigenvalue weighted by Gasteiger charge is -2.26. The van der Waals surface area contributed by atoms with Gasteiger partial charge in [-0.15, -0.1) is 0 Å². The molecule has 80 heavy (non-hydrogen) atoms. The van der Waals surface area contributed by atoms with E-state index in [9.17, 15) is 19.5 Å². The molecule has 466 valence electrons. The molecule has 0 fully saturated rings. The SMILES string of the molecule is CC/C=C\C/C=C\C/C=C\C/C=C\C/C=C\CCCCCCCCCCCCCCCC(=O)OC(COC(=O)CCCCCCCCCCCCCCCCCCCCCCCCCCCC)COC(OCC[N+](C)(C)C)C(=O)[O-]. The van der Waals surface area contributed by atoms with Crippen LogP contribution in [0.5, 0.6) is 0 Å². The number of allylic oxidation sites excluding steroid dienone is 10. The highest BCUT2D eigenvalue weighted by molar-refractivity contribution is 5.70. The number of unbranched alkanes of at least 4 members (excludes halogenated alkanes) is 38. The average Bonchev–Trinajstić information content (AvgIpc) is 3.43. The molecular weight excluding hydrogens is 995 g/mol. The molecule has 0 bridgehead atoms. The maximum absolute atomic E-state index is 12.9. The van der Waals surface area contributed by atoms with E-state index < -0.39 is 24.3 Å². The lowest BCUT2D eigenvalue weighted by atomic mass is 10.0. The molecular formula is C71H129NO8. The Bertz CT molecular complexity index is 1500. The van der Waals surface area contributed by atoms with Gasteiger partial charge in [0.2, 0.25) is 0 Å². The zero-order chi connectivity index (χ0) is 58.3. The van der Waals surface area contributed by atoms with Crippen LogP contribution in [0.15, 0.2) is 60.8 Å². The van der Waals surface area contributed by atoms with Gasteiger partial charge in [-0.2, -0.15) is 0 Å². The second-order valence-corrected chi connectivity index (χ2v) is 24.1. The maximum atomic E-state index is 12.9. The summed E-state index contributed by atoms with van der Waals surface area (Å²) in [4.78, 5) is 37.5. The van der Waals surface area contributed by atoms with Crippen molar-refractivity contribution in [3.05, 3.63) is 60.8 Å². The minimum absolute atomic E-state index is 0.148. The number of ether oxygens (including phenoxy) is 4. The molecule has 0 aliphatic rings. The van der Waals surface area contributed by atoms with E-state index in [4.69, 9.17) is 18.9 Å². The number of carboxylic acid groups (broad SMARTS) is 1. The smallest absolute Gasteiger partial charge is 0.306 e. The molecule has 9 nitrogen and oxygen atoms in total. The Morgan fingerprint density at radius 3 is 1.06 bits per heavy atom. The normalized spacial score (nSPS) is 13.1. The quantitative estimate of drug-likeness (QED) is 0.0195. The third kappa shape index (κ3) is 62.6. The molecule has 9 heteroatoms. The number of carboxylic acids is 1. The Morgan fingerprint density at radius 2 is 0.713 bits per heavy atom. The highest BCUT2D eigenvalue weighted by Crippen LogP contribution is 2.18. The second kappa shape index (κ2) is 62.0. The van der Waals surface area contributed by atoms with Gasteiger partial charge in [0.25, 0.3) is 0 Å². The summed E-state index contributed by atoms with van der Waals surface area (Å²) in [5.74, 6) is -2.27. The molecule has 0 amide bonds. The Balaban J connectivity index is 4.12. The first-order valence-electron chi connectivity index (χ1n) is 33.9. The van der Waals surface area contributed by atoms with E-state index in [0.717, 1.165) is 70.6 Å². The van der Waals surface area contributed by atoms with Gasteiger partial charge in [-0.3, -0.25) is 9.59 Å². The van der Waals surface area contributed by atoms with Crippen molar-refractivity contribution >= 4 is 17.9 Å². The summed E-state index contributed by atoms with van der Waals surface area (Å²) in [6.07, 6.45) is 77.2. The summed E-state index contributed by atoms with van der Waals surface area (Å²) < 4.78 is 22.8. The lowest BCUT2D eigenvalue weighted by molar-refractivity contribution is -0.870. The molecule has 0 aromatic heterocycles. The molecule has 2 unspecified atom stereocenters. The fourth-order valence-electron chi connectivity index (χ4n) is 9.86. The molecule has 0 saturated carbocycles. The van der Waals surface area contributed by atoms with Crippen LogP contribution in [0.4, 0.5) is 0 Å². The average molecular weight is 1120 g/mol. The molecule has 0 radical (unpaired) electrons. The van der Waals surface area contributed by atoms with E-state index in [1.807, 2.05) is 21.1 Å². The fourth-order valence-corrected chi connectivity index (χ4v) is 9.86. The van der Waals surface area contributed by atoms with Crippen molar-refractivity contribution in [3.63, 3.8) is 0 Å². The van der Waals surface area contributed by atoms with Crippen molar-refractivity contribution in [2.45, 2.75) is 328 Å². The van der Waals surface area contributed by atoms with Crippen molar-refractivity contribution in [2.75, 3.05) is 47.5 Å². The van der Waals surface area contributed by atoms with Crippen molar-refractivity contribution in [1.29, 1.82) is 0 Å². The van der Waals surface area contributed by atoms with Crippen LogP contribution in [-0.4, -0.2) is 82.3 Å². The first-order chi connectivity index (χ1) is 39.1. The Kier molecular flexibility index (Phi) is 59.7. The summed E-state index contributed by atoms with van der Waals surface area (Å²) >= 11 is 0. The number of hydrogen-bond donors (Lipinski definition) is 0. The van der Waals surface area contributed by atoms with Crippen molar-refractivity contribution in [3.8, 4) is 0 Å². The first kappa shape index (κ1) is 77.0. The van der Waals surface area contributed by atoms with Gasteiger partial charge in [0.15, 0.2) is 12.4 Å². The van der Waals surface area contributed by atoms with Crippen molar-refractivity contribution in [2.24, 2.45) is 0 Å². The monoisotopic (exact) mass is 1120 g/mol. The van der Waals surface area contributed by atoms with E-state index in [0.29, 0.717) is 23.9 Å². The maximum Gasteiger partial charge on any atom is 0.306 e. The van der Waals surface area contributed by atoms with Crippen LogP contribution in [0.1, 0.15) is 316 Å². The number of esters is 2. The van der Waals surface area contributed by atoms with E-state index in [1.54, 1.807) is 0 Å². The minimum Gasteiger partial charge on any atom is -0.545 e. The minimum atomic E-state index is -1.62. The summed E-state index contributed by atoms with van der Waals surface area (Å²) in [5, 5.41) is 11.8. The van der Waals surface area contributed by atoms with Crippen LogP contribution in [0.2, 0.25) is 0 Å². The van der Waals surface area contributed by atoms with Gasteiger partial charge in [-0.05, 0) is 57.8 Å². The van der Waals surface area contributed by atoms with Crippen LogP contribution in [0, 0.1) is 0 Å². The number of rotatable bonds is 63. The zero-order valence-corrected chi connectivity index (χ0v) is 53.2. The topological polar surface area (TPSA) is 111 Å². The summed E-state index contributed by atoms with van der Waals surface area (Å²) in [7, 11) is 5.94. The lowest BCUT2D eigenvalue weighted by Crippen LogP contribution is -2.44. The fraction of sp³-hybridized carbons (Fsp3) is 0.817. The third-order valence-electron chi connectivity index (χ3n) is 15.0. The number of carbonyl (C=O) groups is 3. The molecule has 0 aromatic rings. The van der Waals surface area contributed by atoms with Gasteiger partial charge in [-0.1, -0.05) is 306 Å². The second-order valence-electron chi connectivity index (χ2n) is 24.1. The highest BCUT2D eigenvalue weighted by atomic mass is 16.7. The number of hydrogen-bond acceptors (Lipinski definition) is 8. The Hall–Kier alpha value is -3.01. The highest BCUT2D eigenvalue weighted by Gasteiger charge is 2.22. The van der Waals surface area contributed by atoms with Crippen LogP contribution in [0.3, 0.4) is 0 Å². The van der Waals surface area contributed by atoms with Crippen molar-refractivity contribution in [1.82, 2.24) is 0 Å². The molecule has 0 aliphatic heterocycles. The molecule has 0 aromatic carbocycles. The van der Waals surface area contributed by atoms with Gasteiger partial charge in [0.05, 0.1) is 40.3 Å². The van der Waals surface area contributed by atoms with Crippen molar-refractivity contribution < 1.29 is 42.9 Å². The van der Waals surface area contributed by atoms with Crippen LogP contribution >= 0.6 is 0 Å². The standard InChI is InChI=1S/C71H129NO8/c1-6-8-10-12-14-16-18-20-22-24-26-28-30-32-34-35-36-38-40-42-44-46-48-50-52-54-56-58-60-62-69(74)80-67(66-79-71(70(75)76)77-64-63-72(3,4)5)65-78-68(73)61-59-57-55-53-51-49-47-45-43-41-39-37-33-31-29-27-25-23-21-19-17-15-13-11-9-7-2/h8,10,14,16,20,22,26,28,32,34,67,71H,6-7,9,11-13,15,17-19,21,23-25,27,29-31,33,35-66H2,1-5H3/b10-8-,16-14-,22-20-,28-26-,34-32-. The van der Waals surface area contributed by atoms with E-state index in [1.165, 1.54) is 212 Å². The van der Waals surface area contributed by atoms with Crippen LogP contribution in [0.25, 0.3) is 0 Å². The predicted octanol–water partition coefficient (Wildman–Crippen LogP) is 19.4. The molecule has 0 heterocycles. The zero-order valence-electron chi connectivity index (χ0n) is 53.2. The van der Waals surface area contributed by atoms with E-state index in [-0.39, 0.29) is 32.2 Å². The Labute approximate surface area is 495 Å². The molecule has 0 N–H and O–H groups in total. The number of quaternary nitrogens is 1. The summed E-state index contributed by atoms with van der Waals surface area (Å²) in [6, 6.07) is 0. The summed E-state index contributed by atoms with van der Waals surface area (Å²) in [6.45, 7) is 4.69. The number of carbonyl (C=O) groups excluding carboxylic acids is 3. The molecule has 0 aliphatic carbocycles. The first-order valence-corrected chi connectivity index (χ1v) is 33.9. The molecule has 0 spiro atoms. The molecule has 0 rings (SSSR count). The Morgan fingerprint density at radius 1 is 0.388 bits per heavy atom. The van der Waals surface area contributed by atoms with Crippen LogP contribution in [-0.2, 0) is 33.3 Å². The largest absolute Gasteiger partial charge is 0.545 e. The van der Waals surface area contributed by atoms with Gasteiger partial charge >= 0.3 is 11.9 Å². The van der Waals surface area contributed by atoms with E-state index >= 15 is 0 Å². The van der Waals surface area contributed by atoms with Gasteiger partial charge in [0.1, 0.15) is 13.2 Å². The number of nitrogens with zero attached hydrogens (tertiary/aromatic N) is 1. The van der Waals surface area contributed by atoms with Gasteiger partial charge in [0, 0.05) is 12.8 Å². The third-order valence-corrected chi connectivity index (χ3v) is 15.0. The number of likely N-dealkylation sites (N-methyl/N-ethyl adjacent to an activating group) is 1. The summed E-state index contributed by atoms with van der Waals surface area (Å²) in [5.41, 5.74) is 0. The molecule has 0 saturated heterocycles. The van der Waals surface area contributed by atoms with Gasteiger partial charge < -0.3 is 33.3 Å². The van der Waals surface area contributed by atoms with Gasteiger partial charge in [-0.25, -0.2) is 0 Å². The van der Waals surface area contributed by atoms with E-state index in [2.05, 4.69) is 74.6 Å². The van der Waals surface area contributed by atoms with Crippen LogP contribution < -0.4 is 5.11 Å². The molecule has 2 atom stereocenters. The predicted molar refractivity (Wildman–Crippen MR) is 338 cm³/mol. The number of aliphatic carboxylic acids is 1.